The molecule has 0 saturated carbocycles. The van der Waals surface area contributed by atoms with E-state index in [1.54, 1.807) is 66.7 Å². The van der Waals surface area contributed by atoms with E-state index in [2.05, 4.69) is 27.8 Å². The molecular weight excluding hydrogens is 516 g/mol. The first kappa shape index (κ1) is 25.4. The zero-order valence-corrected chi connectivity index (χ0v) is 20.0. The second-order valence-electron chi connectivity index (χ2n) is 7.14. The molecule has 0 aliphatic rings. The van der Waals surface area contributed by atoms with Crippen molar-refractivity contribution in [1.82, 2.24) is 0 Å². The molecular formula is C26H21BrN2O6. The normalized spacial score (nSPS) is 11.5. The van der Waals surface area contributed by atoms with Crippen LogP contribution in [0.1, 0.15) is 17.2 Å². The fourth-order valence-corrected chi connectivity index (χ4v) is 3.43. The molecule has 0 aromatic heterocycles. The summed E-state index contributed by atoms with van der Waals surface area (Å²) in [6.07, 6.45) is 3.19. The Morgan fingerprint density at radius 3 is 2.43 bits per heavy atom. The summed E-state index contributed by atoms with van der Waals surface area (Å²) in [7, 11) is 0. The molecule has 0 heterocycles. The third kappa shape index (κ3) is 7.38. The number of non-ortho nitro benzene ring substituents is 1. The number of nitro groups is 1. The van der Waals surface area contributed by atoms with E-state index >= 15 is 0 Å². The summed E-state index contributed by atoms with van der Waals surface area (Å²) < 4.78 is 11.2. The number of nitrogens with zero attached hydrogens (tertiary/aromatic N) is 1. The number of ether oxygens (including phenoxy) is 2. The van der Waals surface area contributed by atoms with Crippen molar-refractivity contribution in [3.63, 3.8) is 0 Å². The number of hydrogen-bond donors (Lipinski definition) is 1. The Morgan fingerprint density at radius 2 is 1.80 bits per heavy atom. The topological polar surface area (TPSA) is 108 Å². The van der Waals surface area contributed by atoms with E-state index in [-0.39, 0.29) is 5.69 Å². The molecule has 0 radical (unpaired) electrons. The maximum Gasteiger partial charge on any atom is 0.331 e. The lowest BCUT2D eigenvalue weighted by Crippen LogP contribution is -2.25. The largest absolute Gasteiger partial charge is 0.490 e. The number of halogens is 1. The van der Waals surface area contributed by atoms with Crippen molar-refractivity contribution in [3.05, 3.63) is 117 Å². The van der Waals surface area contributed by atoms with E-state index in [0.29, 0.717) is 28.1 Å². The van der Waals surface area contributed by atoms with Gasteiger partial charge in [-0.05, 0) is 45.8 Å². The molecule has 0 fully saturated rings. The number of benzene rings is 3. The predicted molar refractivity (Wildman–Crippen MR) is 136 cm³/mol. The minimum absolute atomic E-state index is 0.133. The Labute approximate surface area is 210 Å². The molecule has 3 aromatic rings. The SMILES string of the molecule is C=CCOc1ccc(/C=C/C(=O)OC(C(=O)Nc2ccc([N+](=O)[O-])cc2Br)c2ccccc2)cc1. The summed E-state index contributed by atoms with van der Waals surface area (Å²) in [5.74, 6) is -0.664. The third-order valence-corrected chi connectivity index (χ3v) is 5.31. The molecule has 1 N–H and O–H groups in total. The highest BCUT2D eigenvalue weighted by molar-refractivity contribution is 9.10. The molecule has 35 heavy (non-hydrogen) atoms. The van der Waals surface area contributed by atoms with E-state index in [4.69, 9.17) is 9.47 Å². The summed E-state index contributed by atoms with van der Waals surface area (Å²) in [6, 6.07) is 19.5. The first-order valence-corrected chi connectivity index (χ1v) is 11.2. The number of amides is 1. The van der Waals surface area contributed by atoms with Gasteiger partial charge in [-0.15, -0.1) is 0 Å². The summed E-state index contributed by atoms with van der Waals surface area (Å²) >= 11 is 3.22. The van der Waals surface area contributed by atoms with Crippen LogP contribution >= 0.6 is 15.9 Å². The molecule has 0 spiro atoms. The molecule has 0 saturated heterocycles. The summed E-state index contributed by atoms with van der Waals surface area (Å²) in [6.45, 7) is 3.98. The van der Waals surface area contributed by atoms with Crippen LogP contribution in [0, 0.1) is 10.1 Å². The minimum atomic E-state index is -1.25. The molecule has 1 amide bonds. The Bertz CT molecular complexity index is 1240. The first-order chi connectivity index (χ1) is 16.9. The molecule has 3 rings (SSSR count). The molecule has 8 nitrogen and oxygen atoms in total. The summed E-state index contributed by atoms with van der Waals surface area (Å²) in [4.78, 5) is 36.0. The maximum absolute atomic E-state index is 13.0. The van der Waals surface area contributed by atoms with E-state index in [1.807, 2.05) is 0 Å². The average Bonchev–Trinajstić information content (AvgIpc) is 2.87. The fraction of sp³-hybridized carbons (Fsp3) is 0.0769. The van der Waals surface area contributed by atoms with Crippen LogP contribution in [0.3, 0.4) is 0 Å². The van der Waals surface area contributed by atoms with E-state index in [0.717, 1.165) is 5.56 Å². The Kier molecular flexibility index (Phi) is 8.91. The molecule has 1 unspecified atom stereocenters. The van der Waals surface area contributed by atoms with Gasteiger partial charge in [0.2, 0.25) is 6.10 Å². The van der Waals surface area contributed by atoms with Crippen molar-refractivity contribution in [1.29, 1.82) is 0 Å². The number of nitro benzene ring substituents is 1. The van der Waals surface area contributed by atoms with Gasteiger partial charge in [0.15, 0.2) is 0 Å². The second-order valence-corrected chi connectivity index (χ2v) is 7.99. The van der Waals surface area contributed by atoms with Gasteiger partial charge in [0, 0.05) is 28.2 Å². The van der Waals surface area contributed by atoms with E-state index < -0.39 is 22.9 Å². The number of anilines is 1. The van der Waals surface area contributed by atoms with Crippen molar-refractivity contribution >= 4 is 45.3 Å². The lowest BCUT2D eigenvalue weighted by molar-refractivity contribution is -0.384. The highest BCUT2D eigenvalue weighted by atomic mass is 79.9. The Hall–Kier alpha value is -4.24. The van der Waals surface area contributed by atoms with Gasteiger partial charge in [0.05, 0.1) is 10.6 Å². The van der Waals surface area contributed by atoms with Crippen LogP contribution in [0.25, 0.3) is 6.08 Å². The van der Waals surface area contributed by atoms with Gasteiger partial charge in [0.25, 0.3) is 11.6 Å². The number of rotatable bonds is 10. The van der Waals surface area contributed by atoms with Crippen molar-refractivity contribution in [2.24, 2.45) is 0 Å². The van der Waals surface area contributed by atoms with Crippen LogP contribution in [0.4, 0.5) is 11.4 Å². The number of carbonyl (C=O) groups is 2. The summed E-state index contributed by atoms with van der Waals surface area (Å²) in [5, 5.41) is 13.6. The van der Waals surface area contributed by atoms with Crippen molar-refractivity contribution in [3.8, 4) is 5.75 Å². The van der Waals surface area contributed by atoms with Crippen LogP contribution < -0.4 is 10.1 Å². The van der Waals surface area contributed by atoms with Gasteiger partial charge in [0.1, 0.15) is 12.4 Å². The Morgan fingerprint density at radius 1 is 1.09 bits per heavy atom. The van der Waals surface area contributed by atoms with Gasteiger partial charge in [-0.2, -0.15) is 0 Å². The van der Waals surface area contributed by atoms with Crippen LogP contribution in [-0.4, -0.2) is 23.4 Å². The highest BCUT2D eigenvalue weighted by Gasteiger charge is 2.25. The van der Waals surface area contributed by atoms with Gasteiger partial charge in [-0.3, -0.25) is 14.9 Å². The standard InChI is InChI=1S/C26H21BrN2O6/c1-2-16-34-21-12-8-18(9-13-21)10-15-24(30)35-25(19-6-4-3-5-7-19)26(31)28-23-14-11-20(29(32)33)17-22(23)27/h2-15,17,25H,1,16H2,(H,28,31)/b15-10+. The number of esters is 1. The molecule has 1 atom stereocenters. The first-order valence-electron chi connectivity index (χ1n) is 10.4. The number of carbonyl (C=O) groups excluding carboxylic acids is 2. The van der Waals surface area contributed by atoms with Crippen molar-refractivity contribution < 1.29 is 24.0 Å². The zero-order valence-electron chi connectivity index (χ0n) is 18.4. The van der Waals surface area contributed by atoms with Crippen molar-refractivity contribution in [2.45, 2.75) is 6.10 Å². The quantitative estimate of drug-likeness (QED) is 0.114. The predicted octanol–water partition coefficient (Wildman–Crippen LogP) is 5.86. The average molecular weight is 537 g/mol. The van der Waals surface area contributed by atoms with Crippen LogP contribution in [0.15, 0.2) is 96.0 Å². The van der Waals surface area contributed by atoms with Crippen molar-refractivity contribution in [2.75, 3.05) is 11.9 Å². The molecule has 0 aliphatic carbocycles. The minimum Gasteiger partial charge on any atom is -0.490 e. The lowest BCUT2D eigenvalue weighted by Gasteiger charge is -2.18. The second kappa shape index (κ2) is 12.3. The van der Waals surface area contributed by atoms with Gasteiger partial charge in [-0.25, -0.2) is 4.79 Å². The van der Waals surface area contributed by atoms with Crippen LogP contribution in [0.2, 0.25) is 0 Å². The molecule has 9 heteroatoms. The van der Waals surface area contributed by atoms with E-state index in [9.17, 15) is 19.7 Å². The number of nitrogens with one attached hydrogen (secondary N) is 1. The van der Waals surface area contributed by atoms with Gasteiger partial charge < -0.3 is 14.8 Å². The molecule has 3 aromatic carbocycles. The third-order valence-electron chi connectivity index (χ3n) is 4.66. The van der Waals surface area contributed by atoms with E-state index in [1.165, 1.54) is 24.3 Å². The van der Waals surface area contributed by atoms with Crippen LogP contribution in [0.5, 0.6) is 5.75 Å². The summed E-state index contributed by atoms with van der Waals surface area (Å²) in [5.41, 5.74) is 1.37. The lowest BCUT2D eigenvalue weighted by atomic mass is 10.1. The van der Waals surface area contributed by atoms with Gasteiger partial charge >= 0.3 is 5.97 Å². The highest BCUT2D eigenvalue weighted by Crippen LogP contribution is 2.29. The fourth-order valence-electron chi connectivity index (χ4n) is 2.97. The molecule has 0 aliphatic heterocycles. The number of hydrogen-bond acceptors (Lipinski definition) is 6. The van der Waals surface area contributed by atoms with Crippen LogP contribution in [-0.2, 0) is 14.3 Å². The Balaban J connectivity index is 1.73. The molecule has 0 bridgehead atoms. The van der Waals surface area contributed by atoms with Gasteiger partial charge in [-0.1, -0.05) is 55.1 Å². The maximum atomic E-state index is 13.0. The molecule has 178 valence electrons. The smallest absolute Gasteiger partial charge is 0.331 e. The zero-order chi connectivity index (χ0) is 25.2. The monoisotopic (exact) mass is 536 g/mol.